The number of methoxy groups -OCH3 is 1. The highest BCUT2D eigenvalue weighted by Gasteiger charge is 2.41. The number of carbonyl (C=O) groups excluding carboxylic acids is 2. The first kappa shape index (κ1) is 27.0. The Bertz CT molecular complexity index is 1860. The smallest absolute Gasteiger partial charge is 0.407 e. The van der Waals surface area contributed by atoms with Gasteiger partial charge in [0.15, 0.2) is 0 Å². The quantitative estimate of drug-likeness (QED) is 0.232. The number of likely N-dealkylation sites (tertiary alicyclic amines) is 1. The zero-order chi connectivity index (χ0) is 29.8. The van der Waals surface area contributed by atoms with Gasteiger partial charge in [-0.25, -0.2) is 14.8 Å². The van der Waals surface area contributed by atoms with Crippen LogP contribution in [-0.2, 0) is 16.1 Å². The number of amides is 2. The number of H-pyrrole nitrogens is 2. The van der Waals surface area contributed by atoms with E-state index in [1.165, 1.54) is 7.11 Å². The van der Waals surface area contributed by atoms with Crippen LogP contribution in [0.5, 0.6) is 5.75 Å². The molecule has 0 saturated carbocycles. The zero-order valence-corrected chi connectivity index (χ0v) is 24.6. The maximum atomic E-state index is 13.8. The maximum Gasteiger partial charge on any atom is 0.407 e. The van der Waals surface area contributed by atoms with Crippen LogP contribution in [-0.4, -0.2) is 56.0 Å². The van der Waals surface area contributed by atoms with E-state index in [1.54, 1.807) is 6.33 Å². The molecule has 1 saturated heterocycles. The fourth-order valence-electron chi connectivity index (χ4n) is 6.53. The minimum atomic E-state index is -0.692. The first-order chi connectivity index (χ1) is 20.8. The van der Waals surface area contributed by atoms with Crippen LogP contribution >= 0.6 is 0 Å². The third-order valence-electron chi connectivity index (χ3n) is 8.80. The molecule has 220 valence electrons. The predicted octanol–water partition coefficient (Wildman–Crippen LogP) is 6.10. The number of benzene rings is 3. The molecule has 10 heteroatoms. The molecule has 0 radical (unpaired) electrons. The van der Waals surface area contributed by atoms with Crippen LogP contribution in [0.15, 0.2) is 55.0 Å². The van der Waals surface area contributed by atoms with E-state index in [0.717, 1.165) is 74.2 Å². The van der Waals surface area contributed by atoms with Crippen molar-refractivity contribution in [3.8, 4) is 28.1 Å². The van der Waals surface area contributed by atoms with Crippen molar-refractivity contribution in [3.05, 3.63) is 66.4 Å². The molecule has 0 aliphatic carbocycles. The normalized spacial score (nSPS) is 18.4. The van der Waals surface area contributed by atoms with Crippen molar-refractivity contribution in [2.75, 3.05) is 7.11 Å². The van der Waals surface area contributed by atoms with Gasteiger partial charge in [-0.1, -0.05) is 32.0 Å². The van der Waals surface area contributed by atoms with Gasteiger partial charge in [0.05, 0.1) is 42.4 Å². The molecule has 3 aromatic carbocycles. The van der Waals surface area contributed by atoms with Gasteiger partial charge >= 0.3 is 6.09 Å². The number of carbonyl (C=O) groups is 2. The molecule has 2 aromatic heterocycles. The van der Waals surface area contributed by atoms with Crippen molar-refractivity contribution in [2.24, 2.45) is 5.92 Å². The number of alkyl carbamates (subject to hydrolysis) is 1. The zero-order valence-electron chi connectivity index (χ0n) is 24.6. The van der Waals surface area contributed by atoms with Crippen LogP contribution < -0.4 is 10.1 Å². The van der Waals surface area contributed by atoms with Crippen LogP contribution in [0.4, 0.5) is 4.79 Å². The Labute approximate surface area is 248 Å². The Balaban J connectivity index is 1.24. The van der Waals surface area contributed by atoms with E-state index in [4.69, 9.17) is 14.5 Å². The summed E-state index contributed by atoms with van der Waals surface area (Å²) >= 11 is 0. The summed E-state index contributed by atoms with van der Waals surface area (Å²) in [6, 6.07) is 13.9. The van der Waals surface area contributed by atoms with Crippen LogP contribution in [0.3, 0.4) is 0 Å². The molecule has 2 aliphatic heterocycles. The van der Waals surface area contributed by atoms with Crippen LogP contribution in [0.25, 0.3) is 44.2 Å². The Morgan fingerprint density at radius 1 is 1.12 bits per heavy atom. The van der Waals surface area contributed by atoms with Gasteiger partial charge in [0.2, 0.25) is 5.91 Å². The molecule has 43 heavy (non-hydrogen) atoms. The van der Waals surface area contributed by atoms with E-state index >= 15 is 0 Å². The molecular weight excluding hydrogens is 544 g/mol. The minimum absolute atomic E-state index is 0.0115. The number of nitrogens with zero attached hydrogens (tertiary/aromatic N) is 3. The Kier molecular flexibility index (Phi) is 6.56. The average molecular weight is 579 g/mol. The van der Waals surface area contributed by atoms with Crippen molar-refractivity contribution < 1.29 is 19.1 Å². The summed E-state index contributed by atoms with van der Waals surface area (Å²) in [6.07, 6.45) is 4.52. The van der Waals surface area contributed by atoms with Gasteiger partial charge in [-0.2, -0.15) is 0 Å². The number of nitrogens with one attached hydrogen (secondary N) is 3. The van der Waals surface area contributed by atoms with E-state index in [9.17, 15) is 9.59 Å². The van der Waals surface area contributed by atoms with Gasteiger partial charge < -0.3 is 29.7 Å². The summed E-state index contributed by atoms with van der Waals surface area (Å²) in [7, 11) is 1.30. The minimum Gasteiger partial charge on any atom is -0.488 e. The maximum absolute atomic E-state index is 13.8. The third kappa shape index (κ3) is 4.57. The number of hydrogen-bond acceptors (Lipinski definition) is 6. The Morgan fingerprint density at radius 2 is 1.98 bits per heavy atom. The van der Waals surface area contributed by atoms with Gasteiger partial charge in [-0.3, -0.25) is 4.79 Å². The van der Waals surface area contributed by atoms with Gasteiger partial charge in [0.25, 0.3) is 0 Å². The monoisotopic (exact) mass is 578 g/mol. The van der Waals surface area contributed by atoms with Gasteiger partial charge in [-0.05, 0) is 72.0 Å². The van der Waals surface area contributed by atoms with Gasteiger partial charge in [-0.15, -0.1) is 0 Å². The number of aromatic nitrogens is 4. The number of imidazole rings is 2. The summed E-state index contributed by atoms with van der Waals surface area (Å²) in [6.45, 7) is 6.36. The third-order valence-corrected chi connectivity index (χ3v) is 8.80. The highest BCUT2D eigenvalue weighted by molar-refractivity contribution is 6.07. The molecule has 4 heterocycles. The van der Waals surface area contributed by atoms with Crippen molar-refractivity contribution >= 4 is 33.8 Å². The largest absolute Gasteiger partial charge is 0.488 e. The fraction of sp³-hybridized carbons (Fsp3) is 0.333. The molecule has 3 atom stereocenters. The second kappa shape index (κ2) is 10.4. The molecule has 0 spiro atoms. The highest BCUT2D eigenvalue weighted by Crippen LogP contribution is 2.43. The lowest BCUT2D eigenvalue weighted by Gasteiger charge is -2.32. The second-order valence-corrected chi connectivity index (χ2v) is 11.8. The molecule has 3 N–H and O–H groups in total. The Morgan fingerprint density at radius 3 is 2.74 bits per heavy atom. The van der Waals surface area contributed by atoms with E-state index in [1.807, 2.05) is 37.9 Å². The van der Waals surface area contributed by atoms with Crippen molar-refractivity contribution in [1.29, 1.82) is 0 Å². The van der Waals surface area contributed by atoms with E-state index in [2.05, 4.69) is 56.7 Å². The molecule has 0 bridgehead atoms. The second-order valence-electron chi connectivity index (χ2n) is 11.8. The summed E-state index contributed by atoms with van der Waals surface area (Å²) in [5.74, 6) is 1.34. The van der Waals surface area contributed by atoms with Gasteiger partial charge in [0.1, 0.15) is 24.2 Å². The summed E-state index contributed by atoms with van der Waals surface area (Å²) in [4.78, 5) is 43.6. The molecule has 0 unspecified atom stereocenters. The first-order valence-electron chi connectivity index (χ1n) is 14.7. The van der Waals surface area contributed by atoms with Crippen molar-refractivity contribution in [3.63, 3.8) is 0 Å². The number of ether oxygens (including phenoxy) is 2. The molecule has 2 amide bonds. The van der Waals surface area contributed by atoms with Crippen LogP contribution in [0, 0.1) is 5.92 Å². The van der Waals surface area contributed by atoms with Crippen LogP contribution in [0.1, 0.15) is 51.0 Å². The SMILES string of the molecule is COC(=O)N[C@H](C(=O)N1[C@@H](C)CC[C@H]1c1nc2c(ccc3cc4c(cc32)OCc2cc(-c3cnc[nH]3)ccc2-4)[nH]1)C(C)C. The van der Waals surface area contributed by atoms with E-state index < -0.39 is 12.1 Å². The molecule has 10 nitrogen and oxygen atoms in total. The van der Waals surface area contributed by atoms with Crippen LogP contribution in [0.2, 0.25) is 0 Å². The molecule has 7 rings (SSSR count). The molecule has 1 fully saturated rings. The Hall–Kier alpha value is -4.86. The number of hydrogen-bond donors (Lipinski definition) is 3. The first-order valence-corrected chi connectivity index (χ1v) is 14.7. The summed E-state index contributed by atoms with van der Waals surface area (Å²) < 4.78 is 11.1. The van der Waals surface area contributed by atoms with E-state index in [-0.39, 0.29) is 23.9 Å². The molecular formula is C33H34N6O4. The van der Waals surface area contributed by atoms with Crippen molar-refractivity contribution in [2.45, 2.75) is 58.3 Å². The van der Waals surface area contributed by atoms with Gasteiger partial charge in [0, 0.05) is 17.0 Å². The van der Waals surface area contributed by atoms with Crippen molar-refractivity contribution in [1.82, 2.24) is 30.2 Å². The number of aromatic amines is 2. The lowest BCUT2D eigenvalue weighted by molar-refractivity contribution is -0.137. The average Bonchev–Trinajstić information content (AvgIpc) is 3.78. The number of rotatable bonds is 5. The molecule has 5 aromatic rings. The van der Waals surface area contributed by atoms with E-state index in [0.29, 0.717) is 6.61 Å². The number of fused-ring (bicyclic) bond motifs is 6. The predicted molar refractivity (Wildman–Crippen MR) is 163 cm³/mol. The molecule has 2 aliphatic rings. The fourth-order valence-corrected chi connectivity index (χ4v) is 6.53. The summed E-state index contributed by atoms with van der Waals surface area (Å²) in [5.41, 5.74) is 7.14. The standard InChI is InChI=1S/C33H34N6O4/c1-17(2)29(38-33(41)42-4)32(40)39-18(3)5-10-27(39)31-36-25-9-7-19-12-24-22-8-6-20(26-14-34-16-35-26)11-21(22)15-43-28(24)13-23(19)30(25)37-31/h6-9,11-14,16-18,27,29H,5,10,15H2,1-4H3,(H,34,35)(H,36,37)(H,38,41)/t18-,27-,29-/m0/s1. The topological polar surface area (TPSA) is 125 Å². The highest BCUT2D eigenvalue weighted by atomic mass is 16.5. The summed E-state index contributed by atoms with van der Waals surface area (Å²) in [5, 5.41) is 4.79. The lowest BCUT2D eigenvalue weighted by atomic mass is 9.92. The lowest BCUT2D eigenvalue weighted by Crippen LogP contribution is -2.52.